The average molecular weight is 306 g/mol. The largest absolute Gasteiger partial charge is 0.460 e. The van der Waals surface area contributed by atoms with Crippen molar-refractivity contribution < 1.29 is 19.1 Å². The van der Waals surface area contributed by atoms with Gasteiger partial charge in [-0.25, -0.2) is 0 Å². The first kappa shape index (κ1) is 18.2. The Hall–Kier alpha value is -1.84. The van der Waals surface area contributed by atoms with Gasteiger partial charge in [0.05, 0.1) is 12.8 Å². The van der Waals surface area contributed by atoms with E-state index in [9.17, 15) is 9.59 Å². The molecule has 0 radical (unpaired) electrons. The van der Waals surface area contributed by atoms with Crippen molar-refractivity contribution in [2.24, 2.45) is 0 Å². The third kappa shape index (κ3) is 6.29. The molecule has 0 saturated carbocycles. The summed E-state index contributed by atoms with van der Waals surface area (Å²) in [7, 11) is 0. The van der Waals surface area contributed by atoms with Gasteiger partial charge in [0.1, 0.15) is 11.4 Å². The van der Waals surface area contributed by atoms with Gasteiger partial charge in [0.2, 0.25) is 0 Å². The van der Waals surface area contributed by atoms with E-state index in [1.807, 2.05) is 18.2 Å². The normalized spacial score (nSPS) is 11.9. The molecule has 0 atom stereocenters. The minimum Gasteiger partial charge on any atom is -0.460 e. The zero-order chi connectivity index (χ0) is 17.0. The van der Waals surface area contributed by atoms with Crippen molar-refractivity contribution >= 4 is 11.9 Å². The van der Waals surface area contributed by atoms with E-state index < -0.39 is 17.5 Å². The monoisotopic (exact) mass is 306 g/mol. The molecular formula is C18H26O4. The number of benzene rings is 1. The van der Waals surface area contributed by atoms with Crippen LogP contribution < -0.4 is 4.74 Å². The first-order valence-electron chi connectivity index (χ1n) is 7.51. The number of hydrogen-bond donors (Lipinski definition) is 0. The molecule has 122 valence electrons. The highest BCUT2D eigenvalue weighted by atomic mass is 16.6. The Bertz CT molecular complexity index is 533. The van der Waals surface area contributed by atoms with Gasteiger partial charge in [0.25, 0.3) is 0 Å². The summed E-state index contributed by atoms with van der Waals surface area (Å²) in [6, 6.07) is 7.45. The molecule has 1 rings (SSSR count). The Morgan fingerprint density at radius 2 is 1.45 bits per heavy atom. The number of ether oxygens (including phenoxy) is 2. The molecule has 1 aromatic carbocycles. The van der Waals surface area contributed by atoms with E-state index in [-0.39, 0.29) is 18.3 Å². The van der Waals surface area contributed by atoms with Gasteiger partial charge in [-0.3, -0.25) is 9.59 Å². The maximum atomic E-state index is 11.9. The van der Waals surface area contributed by atoms with E-state index in [1.165, 1.54) is 0 Å². The van der Waals surface area contributed by atoms with Gasteiger partial charge in [-0.05, 0) is 32.3 Å². The summed E-state index contributed by atoms with van der Waals surface area (Å²) in [6.07, 6.45) is 0.0289. The van der Waals surface area contributed by atoms with Crippen molar-refractivity contribution in [2.75, 3.05) is 0 Å². The third-order valence-corrected chi connectivity index (χ3v) is 2.87. The van der Waals surface area contributed by atoms with Gasteiger partial charge in [-0.15, -0.1) is 0 Å². The van der Waals surface area contributed by atoms with Crippen LogP contribution in [0, 0.1) is 0 Å². The molecule has 0 heterocycles. The molecule has 0 aliphatic heterocycles. The van der Waals surface area contributed by atoms with Crippen molar-refractivity contribution in [2.45, 2.75) is 65.4 Å². The van der Waals surface area contributed by atoms with Crippen LogP contribution in [0.1, 0.15) is 59.9 Å². The van der Waals surface area contributed by atoms with Gasteiger partial charge in [-0.2, -0.15) is 0 Å². The topological polar surface area (TPSA) is 52.6 Å². The molecule has 22 heavy (non-hydrogen) atoms. The second-order valence-electron chi connectivity index (χ2n) is 7.31. The smallest absolute Gasteiger partial charge is 0.311 e. The number of esters is 2. The zero-order valence-electron chi connectivity index (χ0n) is 14.4. The highest BCUT2D eigenvalue weighted by Crippen LogP contribution is 2.31. The van der Waals surface area contributed by atoms with Crippen LogP contribution in [0.3, 0.4) is 0 Å². The van der Waals surface area contributed by atoms with E-state index >= 15 is 0 Å². The first-order valence-corrected chi connectivity index (χ1v) is 7.51. The van der Waals surface area contributed by atoms with Gasteiger partial charge in [0.15, 0.2) is 0 Å². The number of carbonyl (C=O) groups excluding carboxylic acids is 2. The van der Waals surface area contributed by atoms with Crippen molar-refractivity contribution in [1.82, 2.24) is 0 Å². The molecule has 4 nitrogen and oxygen atoms in total. The molecule has 0 aromatic heterocycles. The van der Waals surface area contributed by atoms with Crippen LogP contribution in [0.4, 0.5) is 0 Å². The lowest BCUT2D eigenvalue weighted by molar-refractivity contribution is -0.156. The Labute approximate surface area is 132 Å². The van der Waals surface area contributed by atoms with E-state index in [2.05, 4.69) is 20.8 Å². The quantitative estimate of drug-likeness (QED) is 0.623. The van der Waals surface area contributed by atoms with Crippen molar-refractivity contribution in [1.29, 1.82) is 0 Å². The summed E-state index contributed by atoms with van der Waals surface area (Å²) in [5, 5.41) is 0. The summed E-state index contributed by atoms with van der Waals surface area (Å²) < 4.78 is 10.6. The SMILES string of the molecule is CC(C)(C)OC(=O)CCC(=O)Oc1ccccc1C(C)(C)C. The standard InChI is InChI=1S/C18H26O4/c1-17(2,3)13-9-7-8-10-14(13)21-15(19)11-12-16(20)22-18(4,5)6/h7-10H,11-12H2,1-6H3. The molecule has 4 heteroatoms. The molecule has 1 aromatic rings. The van der Waals surface area contributed by atoms with Crippen molar-refractivity contribution in [3.8, 4) is 5.75 Å². The van der Waals surface area contributed by atoms with E-state index in [4.69, 9.17) is 9.47 Å². The fourth-order valence-electron chi connectivity index (χ4n) is 1.95. The molecule has 0 aliphatic carbocycles. The van der Waals surface area contributed by atoms with E-state index in [0.29, 0.717) is 5.75 Å². The molecule has 0 amide bonds. The van der Waals surface area contributed by atoms with Crippen LogP contribution >= 0.6 is 0 Å². The van der Waals surface area contributed by atoms with Gasteiger partial charge in [-0.1, -0.05) is 39.0 Å². The average Bonchev–Trinajstić information content (AvgIpc) is 2.34. The predicted octanol–water partition coefficient (Wildman–Crippen LogP) is 4.01. The minimum atomic E-state index is -0.542. The van der Waals surface area contributed by atoms with Gasteiger partial charge < -0.3 is 9.47 Å². The van der Waals surface area contributed by atoms with Crippen LogP contribution in [0.25, 0.3) is 0 Å². The molecule has 0 N–H and O–H groups in total. The summed E-state index contributed by atoms with van der Waals surface area (Å²) in [5.74, 6) is -0.277. The lowest BCUT2D eigenvalue weighted by Crippen LogP contribution is -2.24. The summed E-state index contributed by atoms with van der Waals surface area (Å²) in [5.41, 5.74) is 0.294. The summed E-state index contributed by atoms with van der Waals surface area (Å²) in [6.45, 7) is 11.6. The number of hydrogen-bond acceptors (Lipinski definition) is 4. The van der Waals surface area contributed by atoms with E-state index in [0.717, 1.165) is 5.56 Å². The first-order chi connectivity index (χ1) is 9.99. The second-order valence-corrected chi connectivity index (χ2v) is 7.31. The molecule has 0 saturated heterocycles. The molecule has 0 aliphatic rings. The Balaban J connectivity index is 2.62. The van der Waals surface area contributed by atoms with Gasteiger partial charge >= 0.3 is 11.9 Å². The Morgan fingerprint density at radius 1 is 0.909 bits per heavy atom. The lowest BCUT2D eigenvalue weighted by atomic mass is 9.86. The Morgan fingerprint density at radius 3 is 2.00 bits per heavy atom. The maximum absolute atomic E-state index is 11.9. The third-order valence-electron chi connectivity index (χ3n) is 2.87. The summed E-state index contributed by atoms with van der Waals surface area (Å²) >= 11 is 0. The molecule has 0 spiro atoms. The maximum Gasteiger partial charge on any atom is 0.311 e. The molecule has 0 fully saturated rings. The number of para-hydroxylation sites is 1. The van der Waals surface area contributed by atoms with Crippen molar-refractivity contribution in [3.05, 3.63) is 29.8 Å². The van der Waals surface area contributed by atoms with Crippen LogP contribution in [0.15, 0.2) is 24.3 Å². The van der Waals surface area contributed by atoms with Crippen LogP contribution in [-0.4, -0.2) is 17.5 Å². The highest BCUT2D eigenvalue weighted by Gasteiger charge is 2.21. The fourth-order valence-corrected chi connectivity index (χ4v) is 1.95. The van der Waals surface area contributed by atoms with Crippen LogP contribution in [0.5, 0.6) is 5.75 Å². The molecule has 0 bridgehead atoms. The zero-order valence-corrected chi connectivity index (χ0v) is 14.4. The Kier molecular flexibility index (Phi) is 5.75. The molecule has 0 unspecified atom stereocenters. The number of carbonyl (C=O) groups is 2. The number of rotatable bonds is 4. The minimum absolute atomic E-state index is 0.00733. The van der Waals surface area contributed by atoms with E-state index in [1.54, 1.807) is 26.8 Å². The highest BCUT2D eigenvalue weighted by molar-refractivity contribution is 5.79. The van der Waals surface area contributed by atoms with Crippen LogP contribution in [-0.2, 0) is 19.7 Å². The summed E-state index contributed by atoms with van der Waals surface area (Å²) in [4.78, 5) is 23.5. The van der Waals surface area contributed by atoms with Gasteiger partial charge in [0, 0.05) is 5.56 Å². The fraction of sp³-hybridized carbons (Fsp3) is 0.556. The predicted molar refractivity (Wildman–Crippen MR) is 85.9 cm³/mol. The molecular weight excluding hydrogens is 280 g/mol. The van der Waals surface area contributed by atoms with Crippen molar-refractivity contribution in [3.63, 3.8) is 0 Å². The second kappa shape index (κ2) is 6.95. The van der Waals surface area contributed by atoms with Crippen LogP contribution in [0.2, 0.25) is 0 Å². The lowest BCUT2D eigenvalue weighted by Gasteiger charge is -2.22.